The van der Waals surface area contributed by atoms with E-state index in [1.54, 1.807) is 0 Å². The summed E-state index contributed by atoms with van der Waals surface area (Å²) in [5.74, 6) is 2.02. The number of piperidine rings is 1. The second-order valence-electron chi connectivity index (χ2n) is 7.28. The van der Waals surface area contributed by atoms with Gasteiger partial charge in [0.1, 0.15) is 17.3 Å². The van der Waals surface area contributed by atoms with Crippen molar-refractivity contribution < 1.29 is 4.79 Å². The maximum atomic E-state index is 12.2. The molecule has 1 fully saturated rings. The van der Waals surface area contributed by atoms with Gasteiger partial charge in [-0.3, -0.25) is 4.79 Å². The van der Waals surface area contributed by atoms with Crippen molar-refractivity contribution in [3.8, 4) is 0 Å². The second kappa shape index (κ2) is 7.92. The Balaban J connectivity index is 1.72. The summed E-state index contributed by atoms with van der Waals surface area (Å²) in [7, 11) is 0. The molecule has 1 unspecified atom stereocenters. The summed E-state index contributed by atoms with van der Waals surface area (Å²) >= 11 is 0. The molecular weight excluding hydrogens is 302 g/mol. The molecule has 1 amide bonds. The number of hydrogen-bond donors (Lipinski definition) is 3. The molecule has 0 spiro atoms. The lowest BCUT2D eigenvalue weighted by molar-refractivity contribution is 0.0940. The molecule has 6 heteroatoms. The molecule has 0 bridgehead atoms. The molecule has 0 aromatic carbocycles. The zero-order valence-corrected chi connectivity index (χ0v) is 14.8. The average Bonchev–Trinajstić information content (AvgIpc) is 2.56. The van der Waals surface area contributed by atoms with Gasteiger partial charge in [0.2, 0.25) is 0 Å². The van der Waals surface area contributed by atoms with E-state index in [0.717, 1.165) is 49.6 Å². The summed E-state index contributed by atoms with van der Waals surface area (Å²) in [5, 5.41) is 9.95. The number of anilines is 1. The highest BCUT2D eigenvalue weighted by molar-refractivity contribution is 5.95. The first kappa shape index (κ1) is 17.1. The van der Waals surface area contributed by atoms with Gasteiger partial charge in [-0.2, -0.15) is 0 Å². The van der Waals surface area contributed by atoms with E-state index >= 15 is 0 Å². The lowest BCUT2D eigenvalue weighted by Crippen LogP contribution is -2.36. The van der Waals surface area contributed by atoms with Crippen molar-refractivity contribution in [3.63, 3.8) is 0 Å². The van der Waals surface area contributed by atoms with Crippen LogP contribution in [0.1, 0.15) is 61.4 Å². The lowest BCUT2D eigenvalue weighted by atomic mass is 10.0. The minimum atomic E-state index is -0.0688. The van der Waals surface area contributed by atoms with Gasteiger partial charge in [-0.1, -0.05) is 20.3 Å². The van der Waals surface area contributed by atoms with Crippen molar-refractivity contribution in [3.05, 3.63) is 17.1 Å². The standard InChI is InChI=1S/C18H29N5O/c1-12(2)11-15-22-16-14(7-10-21-18(16)24)17(23-15)20-9-6-13-5-3-4-8-19-13/h12-13,19H,3-11H2,1-2H3,(H,21,24)(H,20,22,23). The van der Waals surface area contributed by atoms with E-state index in [2.05, 4.69) is 34.8 Å². The maximum absolute atomic E-state index is 12.2. The predicted octanol–water partition coefficient (Wildman–Crippen LogP) is 1.91. The van der Waals surface area contributed by atoms with E-state index in [9.17, 15) is 4.79 Å². The molecule has 2 aliphatic heterocycles. The van der Waals surface area contributed by atoms with Crippen LogP contribution in [0, 0.1) is 5.92 Å². The van der Waals surface area contributed by atoms with Crippen LogP contribution in [0.3, 0.4) is 0 Å². The summed E-state index contributed by atoms with van der Waals surface area (Å²) in [4.78, 5) is 21.4. The Morgan fingerprint density at radius 1 is 1.25 bits per heavy atom. The third kappa shape index (κ3) is 4.23. The number of rotatable bonds is 6. The summed E-state index contributed by atoms with van der Waals surface area (Å²) in [6.45, 7) is 6.96. The molecule has 3 N–H and O–H groups in total. The molecule has 132 valence electrons. The first-order valence-corrected chi connectivity index (χ1v) is 9.28. The molecular formula is C18H29N5O. The number of carbonyl (C=O) groups is 1. The van der Waals surface area contributed by atoms with E-state index in [4.69, 9.17) is 4.98 Å². The second-order valence-corrected chi connectivity index (χ2v) is 7.28. The molecule has 0 saturated carbocycles. The highest BCUT2D eigenvalue weighted by Gasteiger charge is 2.24. The van der Waals surface area contributed by atoms with Gasteiger partial charge in [0, 0.05) is 31.1 Å². The molecule has 1 aromatic rings. The molecule has 0 radical (unpaired) electrons. The SMILES string of the molecule is CC(C)Cc1nc(NCCC2CCCCN2)c2c(n1)C(=O)NCC2. The van der Waals surface area contributed by atoms with Crippen LogP contribution in [-0.2, 0) is 12.8 Å². The smallest absolute Gasteiger partial charge is 0.270 e. The van der Waals surface area contributed by atoms with Crippen LogP contribution in [0.5, 0.6) is 0 Å². The van der Waals surface area contributed by atoms with Crippen molar-refractivity contribution in [1.29, 1.82) is 0 Å². The van der Waals surface area contributed by atoms with E-state index in [1.165, 1.54) is 19.3 Å². The number of aromatic nitrogens is 2. The van der Waals surface area contributed by atoms with E-state index in [1.807, 2.05) is 0 Å². The Bertz CT molecular complexity index is 581. The normalized spacial score (nSPS) is 20.6. The quantitative estimate of drug-likeness (QED) is 0.742. The molecule has 6 nitrogen and oxygen atoms in total. The third-order valence-corrected chi connectivity index (χ3v) is 4.72. The summed E-state index contributed by atoms with van der Waals surface area (Å²) in [5.41, 5.74) is 1.54. The Kier molecular flexibility index (Phi) is 5.66. The Hall–Kier alpha value is -1.69. The fourth-order valence-corrected chi connectivity index (χ4v) is 3.48. The van der Waals surface area contributed by atoms with Crippen LogP contribution in [-0.4, -0.2) is 41.6 Å². The zero-order valence-electron chi connectivity index (χ0n) is 14.8. The molecule has 3 heterocycles. The van der Waals surface area contributed by atoms with Crippen molar-refractivity contribution in [2.24, 2.45) is 5.92 Å². The van der Waals surface area contributed by atoms with Gasteiger partial charge in [0.25, 0.3) is 5.91 Å². The lowest BCUT2D eigenvalue weighted by Gasteiger charge is -2.24. The molecule has 24 heavy (non-hydrogen) atoms. The fraction of sp³-hybridized carbons (Fsp3) is 0.722. The van der Waals surface area contributed by atoms with Crippen LogP contribution in [0.15, 0.2) is 0 Å². The van der Waals surface area contributed by atoms with Crippen molar-refractivity contribution >= 4 is 11.7 Å². The first-order chi connectivity index (χ1) is 11.6. The first-order valence-electron chi connectivity index (χ1n) is 9.28. The zero-order chi connectivity index (χ0) is 16.9. The monoisotopic (exact) mass is 331 g/mol. The van der Waals surface area contributed by atoms with Crippen LogP contribution in [0.4, 0.5) is 5.82 Å². The van der Waals surface area contributed by atoms with Crippen LogP contribution >= 0.6 is 0 Å². The van der Waals surface area contributed by atoms with Gasteiger partial charge < -0.3 is 16.0 Å². The third-order valence-electron chi connectivity index (χ3n) is 4.72. The van der Waals surface area contributed by atoms with Crippen LogP contribution < -0.4 is 16.0 Å². The minimum Gasteiger partial charge on any atom is -0.370 e. The highest BCUT2D eigenvalue weighted by atomic mass is 16.1. The number of hydrogen-bond acceptors (Lipinski definition) is 5. The Labute approximate surface area is 144 Å². The highest BCUT2D eigenvalue weighted by Crippen LogP contribution is 2.22. The molecule has 1 aromatic heterocycles. The van der Waals surface area contributed by atoms with E-state index in [0.29, 0.717) is 24.2 Å². The van der Waals surface area contributed by atoms with Gasteiger partial charge in [-0.15, -0.1) is 0 Å². The van der Waals surface area contributed by atoms with Gasteiger partial charge in [0.15, 0.2) is 0 Å². The topological polar surface area (TPSA) is 78.9 Å². The van der Waals surface area contributed by atoms with Gasteiger partial charge in [0.05, 0.1) is 0 Å². The maximum Gasteiger partial charge on any atom is 0.270 e. The van der Waals surface area contributed by atoms with Crippen molar-refractivity contribution in [2.75, 3.05) is 25.0 Å². The molecule has 2 aliphatic rings. The Morgan fingerprint density at radius 2 is 2.12 bits per heavy atom. The van der Waals surface area contributed by atoms with Crippen LogP contribution in [0.25, 0.3) is 0 Å². The number of amides is 1. The van der Waals surface area contributed by atoms with Gasteiger partial charge >= 0.3 is 0 Å². The summed E-state index contributed by atoms with van der Waals surface area (Å²) < 4.78 is 0. The number of nitrogens with one attached hydrogen (secondary N) is 3. The van der Waals surface area contributed by atoms with Gasteiger partial charge in [-0.25, -0.2) is 9.97 Å². The Morgan fingerprint density at radius 3 is 2.88 bits per heavy atom. The van der Waals surface area contributed by atoms with Crippen molar-refractivity contribution in [2.45, 2.75) is 58.4 Å². The number of fused-ring (bicyclic) bond motifs is 1. The number of nitrogens with zero attached hydrogens (tertiary/aromatic N) is 2. The van der Waals surface area contributed by atoms with Crippen LogP contribution in [0.2, 0.25) is 0 Å². The summed E-state index contributed by atoms with van der Waals surface area (Å²) in [6.07, 6.45) is 6.54. The predicted molar refractivity (Wildman–Crippen MR) is 95.4 cm³/mol. The number of carbonyl (C=O) groups excluding carboxylic acids is 1. The van der Waals surface area contributed by atoms with Crippen molar-refractivity contribution in [1.82, 2.24) is 20.6 Å². The molecule has 3 rings (SSSR count). The minimum absolute atomic E-state index is 0.0688. The fourth-order valence-electron chi connectivity index (χ4n) is 3.48. The van der Waals surface area contributed by atoms with Gasteiger partial charge in [-0.05, 0) is 38.1 Å². The van der Waals surface area contributed by atoms with E-state index in [-0.39, 0.29) is 5.91 Å². The largest absolute Gasteiger partial charge is 0.370 e. The molecule has 0 aliphatic carbocycles. The molecule has 1 saturated heterocycles. The average molecular weight is 331 g/mol. The summed E-state index contributed by atoms with van der Waals surface area (Å²) in [6, 6.07) is 0.599. The molecule has 1 atom stereocenters. The van der Waals surface area contributed by atoms with E-state index < -0.39 is 0 Å².